The monoisotopic (exact) mass is 427 g/mol. The molecule has 0 saturated carbocycles. The molecule has 2 rings (SSSR count). The van der Waals surface area contributed by atoms with E-state index in [1.807, 2.05) is 6.07 Å². The van der Waals surface area contributed by atoms with Gasteiger partial charge in [-0.1, -0.05) is 30.3 Å². The van der Waals surface area contributed by atoms with Gasteiger partial charge in [0, 0.05) is 25.0 Å². The van der Waals surface area contributed by atoms with Crippen LogP contribution in [0.1, 0.15) is 40.9 Å². The molecule has 0 heterocycles. The van der Waals surface area contributed by atoms with Crippen LogP contribution in [0.2, 0.25) is 0 Å². The number of hydrogen-bond donors (Lipinski definition) is 2. The molecule has 0 aromatic heterocycles. The van der Waals surface area contributed by atoms with Gasteiger partial charge < -0.3 is 19.9 Å². The number of carboxylic acid groups (broad SMARTS) is 1. The fourth-order valence-corrected chi connectivity index (χ4v) is 3.15. The average Bonchev–Trinajstić information content (AvgIpc) is 2.68. The topological polar surface area (TPSA) is 119 Å². The number of hydrogen-bond acceptors (Lipinski definition) is 6. The minimum atomic E-state index is -1.58. The summed E-state index contributed by atoms with van der Waals surface area (Å²) in [5, 5.41) is 12.3. The number of nitrogens with one attached hydrogen (secondary N) is 1. The van der Waals surface area contributed by atoms with E-state index >= 15 is 0 Å². The summed E-state index contributed by atoms with van der Waals surface area (Å²) in [7, 11) is 0. The van der Waals surface area contributed by atoms with Crippen molar-refractivity contribution in [2.24, 2.45) is 0 Å². The van der Waals surface area contributed by atoms with Gasteiger partial charge in [0.1, 0.15) is 5.75 Å². The molecule has 8 nitrogen and oxygen atoms in total. The quantitative estimate of drug-likeness (QED) is 0.491. The molecular formula is C23H25NO7. The lowest BCUT2D eigenvalue weighted by Crippen LogP contribution is -2.50. The van der Waals surface area contributed by atoms with Gasteiger partial charge in [-0.05, 0) is 43.5 Å². The molecule has 0 aliphatic carbocycles. The lowest BCUT2D eigenvalue weighted by molar-refractivity contribution is -0.164. The van der Waals surface area contributed by atoms with Crippen LogP contribution in [0.4, 0.5) is 0 Å². The van der Waals surface area contributed by atoms with Gasteiger partial charge in [0.2, 0.25) is 6.10 Å². The Labute approximate surface area is 180 Å². The molecule has 1 amide bonds. The van der Waals surface area contributed by atoms with Gasteiger partial charge in [-0.25, -0.2) is 4.79 Å². The van der Waals surface area contributed by atoms with E-state index in [4.69, 9.17) is 9.47 Å². The number of ether oxygens (including phenoxy) is 2. The molecule has 8 heteroatoms. The minimum absolute atomic E-state index is 0.124. The van der Waals surface area contributed by atoms with E-state index in [0.717, 1.165) is 12.5 Å². The highest BCUT2D eigenvalue weighted by molar-refractivity contribution is 5.97. The van der Waals surface area contributed by atoms with Gasteiger partial charge >= 0.3 is 17.9 Å². The highest BCUT2D eigenvalue weighted by Gasteiger charge is 2.33. The van der Waals surface area contributed by atoms with Crippen LogP contribution in [-0.2, 0) is 25.5 Å². The summed E-state index contributed by atoms with van der Waals surface area (Å²) in [4.78, 5) is 47.7. The second-order valence-corrected chi connectivity index (χ2v) is 7.17. The van der Waals surface area contributed by atoms with E-state index < -0.39 is 36.0 Å². The van der Waals surface area contributed by atoms with Crippen molar-refractivity contribution in [3.8, 4) is 5.75 Å². The minimum Gasteiger partial charge on any atom is -0.478 e. The number of carbonyl (C=O) groups is 4. The summed E-state index contributed by atoms with van der Waals surface area (Å²) in [5.41, 5.74) is 2.09. The van der Waals surface area contributed by atoms with Gasteiger partial charge in [0.15, 0.2) is 0 Å². The van der Waals surface area contributed by atoms with Crippen molar-refractivity contribution in [3.05, 3.63) is 64.7 Å². The van der Waals surface area contributed by atoms with Gasteiger partial charge in [0.05, 0.1) is 6.04 Å². The lowest BCUT2D eigenvalue weighted by Gasteiger charge is -2.25. The van der Waals surface area contributed by atoms with E-state index in [1.54, 1.807) is 50.2 Å². The van der Waals surface area contributed by atoms with E-state index in [-0.39, 0.29) is 17.7 Å². The van der Waals surface area contributed by atoms with Crippen LogP contribution in [0.3, 0.4) is 0 Å². The Balaban J connectivity index is 2.40. The van der Waals surface area contributed by atoms with Crippen molar-refractivity contribution < 1.29 is 33.8 Å². The van der Waals surface area contributed by atoms with Crippen LogP contribution in [0.25, 0.3) is 0 Å². The predicted octanol–water partition coefficient (Wildman–Crippen LogP) is 2.59. The predicted molar refractivity (Wildman–Crippen MR) is 112 cm³/mol. The fourth-order valence-electron chi connectivity index (χ4n) is 3.15. The zero-order chi connectivity index (χ0) is 23.1. The van der Waals surface area contributed by atoms with Crippen LogP contribution in [0, 0.1) is 13.8 Å². The standard InChI is InChI=1S/C23H25NO7/c1-13-10-18(14(2)20(11-13)30-15(3)25)22(27)24-19(12-17-8-6-5-7-9-17)21(23(28)29)31-16(4)26/h5-11,19,21H,12H2,1-4H3,(H,24,27)(H,28,29)/t19?,21-/m0/s1. The molecule has 164 valence electrons. The molecule has 2 aromatic rings. The molecule has 0 fully saturated rings. The van der Waals surface area contributed by atoms with Crippen LogP contribution in [0.15, 0.2) is 42.5 Å². The number of carbonyl (C=O) groups excluding carboxylic acids is 3. The van der Waals surface area contributed by atoms with Gasteiger partial charge in [-0.2, -0.15) is 0 Å². The Morgan fingerprint density at radius 2 is 1.65 bits per heavy atom. The first-order chi connectivity index (χ1) is 14.6. The van der Waals surface area contributed by atoms with Crippen molar-refractivity contribution in [3.63, 3.8) is 0 Å². The van der Waals surface area contributed by atoms with Crippen LogP contribution in [0.5, 0.6) is 5.75 Å². The number of esters is 2. The van der Waals surface area contributed by atoms with Gasteiger partial charge in [-0.3, -0.25) is 14.4 Å². The Morgan fingerprint density at radius 1 is 1.00 bits per heavy atom. The van der Waals surface area contributed by atoms with E-state index in [0.29, 0.717) is 11.1 Å². The Bertz CT molecular complexity index is 985. The SMILES string of the molecule is CC(=O)Oc1cc(C)cc(C(=O)NC(Cc2ccccc2)[C@H](OC(C)=O)C(=O)O)c1C. The summed E-state index contributed by atoms with van der Waals surface area (Å²) >= 11 is 0. The molecule has 0 saturated heterocycles. The first kappa shape index (κ1) is 23.6. The molecule has 0 spiro atoms. The second kappa shape index (κ2) is 10.4. The van der Waals surface area contributed by atoms with E-state index in [1.165, 1.54) is 6.92 Å². The molecule has 2 N–H and O–H groups in total. The molecule has 0 aliphatic heterocycles. The van der Waals surface area contributed by atoms with Crippen molar-refractivity contribution >= 4 is 23.8 Å². The van der Waals surface area contributed by atoms with Crippen LogP contribution < -0.4 is 10.1 Å². The third-order valence-electron chi connectivity index (χ3n) is 4.52. The average molecular weight is 427 g/mol. The smallest absolute Gasteiger partial charge is 0.347 e. The van der Waals surface area contributed by atoms with Gasteiger partial charge in [0.25, 0.3) is 5.91 Å². The Kier molecular flexibility index (Phi) is 7.90. The van der Waals surface area contributed by atoms with Crippen LogP contribution in [-0.4, -0.2) is 41.1 Å². The first-order valence-corrected chi connectivity index (χ1v) is 9.63. The maximum Gasteiger partial charge on any atom is 0.347 e. The fraction of sp³-hybridized carbons (Fsp3) is 0.304. The Morgan fingerprint density at radius 3 is 2.19 bits per heavy atom. The summed E-state index contributed by atoms with van der Waals surface area (Å²) in [6.07, 6.45) is -1.46. The summed E-state index contributed by atoms with van der Waals surface area (Å²) < 4.78 is 10.2. The largest absolute Gasteiger partial charge is 0.478 e. The number of aryl methyl sites for hydroxylation is 1. The number of amides is 1. The second-order valence-electron chi connectivity index (χ2n) is 7.17. The number of carboxylic acids is 1. The third-order valence-corrected chi connectivity index (χ3v) is 4.52. The zero-order valence-electron chi connectivity index (χ0n) is 17.8. The number of aliphatic carboxylic acids is 1. The maximum absolute atomic E-state index is 13.1. The van der Waals surface area contributed by atoms with Crippen molar-refractivity contribution in [2.45, 2.75) is 46.3 Å². The molecule has 0 bridgehead atoms. The highest BCUT2D eigenvalue weighted by atomic mass is 16.6. The lowest BCUT2D eigenvalue weighted by atomic mass is 9.99. The van der Waals surface area contributed by atoms with Crippen LogP contribution >= 0.6 is 0 Å². The number of benzene rings is 2. The highest BCUT2D eigenvalue weighted by Crippen LogP contribution is 2.24. The zero-order valence-corrected chi connectivity index (χ0v) is 17.8. The molecule has 31 heavy (non-hydrogen) atoms. The molecule has 1 unspecified atom stereocenters. The third kappa shape index (κ3) is 6.67. The van der Waals surface area contributed by atoms with Crippen molar-refractivity contribution in [1.29, 1.82) is 0 Å². The van der Waals surface area contributed by atoms with E-state index in [9.17, 15) is 24.3 Å². The van der Waals surface area contributed by atoms with Crippen molar-refractivity contribution in [1.82, 2.24) is 5.32 Å². The molecule has 2 aromatic carbocycles. The first-order valence-electron chi connectivity index (χ1n) is 9.63. The summed E-state index contributed by atoms with van der Waals surface area (Å²) in [6.45, 7) is 5.73. The van der Waals surface area contributed by atoms with Crippen molar-refractivity contribution in [2.75, 3.05) is 0 Å². The number of rotatable bonds is 8. The molecule has 0 radical (unpaired) electrons. The normalized spacial score (nSPS) is 12.4. The molecular weight excluding hydrogens is 402 g/mol. The molecule has 0 aliphatic rings. The maximum atomic E-state index is 13.1. The molecule has 2 atom stereocenters. The Hall–Kier alpha value is -3.68. The van der Waals surface area contributed by atoms with E-state index in [2.05, 4.69) is 5.32 Å². The van der Waals surface area contributed by atoms with Gasteiger partial charge in [-0.15, -0.1) is 0 Å². The summed E-state index contributed by atoms with van der Waals surface area (Å²) in [5.74, 6) is -3.01. The summed E-state index contributed by atoms with van der Waals surface area (Å²) in [6, 6.07) is 11.1.